The van der Waals surface area contributed by atoms with Gasteiger partial charge in [-0.15, -0.1) is 5.10 Å². The fraction of sp³-hybridized carbons (Fsp3) is 0.333. The predicted octanol–water partition coefficient (Wildman–Crippen LogP) is 3.87. The molecule has 3 aromatic rings. The normalized spacial score (nSPS) is 11.8. The van der Waals surface area contributed by atoms with E-state index in [1.54, 1.807) is 5.32 Å². The Hall–Kier alpha value is -4.21. The zero-order valence-electron chi connectivity index (χ0n) is 20.5. The first-order chi connectivity index (χ1) is 18.9. The molecule has 0 radical (unpaired) electrons. The zero-order chi connectivity index (χ0) is 29.3. The molecule has 0 aliphatic heterocycles. The number of aromatic nitrogens is 3. The number of hydrogen-bond donors (Lipinski definition) is 2. The van der Waals surface area contributed by atoms with E-state index in [0.717, 1.165) is 22.9 Å². The van der Waals surface area contributed by atoms with Crippen LogP contribution in [0.5, 0.6) is 5.75 Å². The van der Waals surface area contributed by atoms with Crippen molar-refractivity contribution in [2.75, 3.05) is 33.0 Å². The van der Waals surface area contributed by atoms with Crippen molar-refractivity contribution in [2.24, 2.45) is 0 Å². The summed E-state index contributed by atoms with van der Waals surface area (Å²) in [4.78, 5) is 24.7. The number of nitrogens with zero attached hydrogens (tertiary/aromatic N) is 3. The summed E-state index contributed by atoms with van der Waals surface area (Å²) < 4.78 is 100.0. The smallest absolute Gasteiger partial charge is 0.416 e. The summed E-state index contributed by atoms with van der Waals surface area (Å²) in [6, 6.07) is 8.03. The summed E-state index contributed by atoms with van der Waals surface area (Å²) in [6.45, 7) is -2.86. The minimum atomic E-state index is -4.62. The third-order valence-corrected chi connectivity index (χ3v) is 5.06. The molecule has 3 rings (SSSR count). The molecule has 16 heteroatoms. The van der Waals surface area contributed by atoms with E-state index in [9.17, 15) is 40.3 Å². The Morgan fingerprint density at radius 3 is 2.40 bits per heavy atom. The number of hydrogen-bond acceptors (Lipinski definition) is 6. The summed E-state index contributed by atoms with van der Waals surface area (Å²) in [5.74, 6) is -1.83. The molecule has 1 aromatic heterocycles. The van der Waals surface area contributed by atoms with Crippen LogP contribution in [0.3, 0.4) is 0 Å². The van der Waals surface area contributed by atoms with Crippen LogP contribution in [0.25, 0.3) is 5.69 Å². The molecule has 216 valence electrons. The lowest BCUT2D eigenvalue weighted by molar-refractivity contribution is -0.137. The molecule has 2 aromatic carbocycles. The molecule has 0 aliphatic rings. The Labute approximate surface area is 222 Å². The number of carbonyl (C=O) groups excluding carboxylic acids is 2. The van der Waals surface area contributed by atoms with Crippen LogP contribution in [0.2, 0.25) is 0 Å². The van der Waals surface area contributed by atoms with Gasteiger partial charge in [-0.2, -0.15) is 26.3 Å². The first-order valence-corrected chi connectivity index (χ1v) is 11.5. The number of alkyl halides is 7. The van der Waals surface area contributed by atoms with E-state index in [1.165, 1.54) is 30.5 Å². The number of amides is 2. The summed E-state index contributed by atoms with van der Waals surface area (Å²) in [6.07, 6.45) is -8.00. The minimum absolute atomic E-state index is 0.0377. The summed E-state index contributed by atoms with van der Waals surface area (Å²) >= 11 is 0. The van der Waals surface area contributed by atoms with Gasteiger partial charge in [0.1, 0.15) is 31.3 Å². The molecule has 0 saturated carbocycles. The number of rotatable bonds is 12. The fourth-order valence-corrected chi connectivity index (χ4v) is 3.23. The lowest BCUT2D eigenvalue weighted by Crippen LogP contribution is -2.33. The van der Waals surface area contributed by atoms with Gasteiger partial charge in [-0.3, -0.25) is 9.59 Å². The lowest BCUT2D eigenvalue weighted by Gasteiger charge is -2.14. The lowest BCUT2D eigenvalue weighted by atomic mass is 10.1. The van der Waals surface area contributed by atoms with E-state index in [-0.39, 0.29) is 54.6 Å². The first kappa shape index (κ1) is 30.3. The van der Waals surface area contributed by atoms with Crippen molar-refractivity contribution in [3.05, 3.63) is 71.0 Å². The highest BCUT2D eigenvalue weighted by Gasteiger charge is 2.30. The molecular formula is C24H22F7N5O4. The molecule has 2 amide bonds. The van der Waals surface area contributed by atoms with Crippen LogP contribution in [0.4, 0.5) is 30.7 Å². The second-order valence-electron chi connectivity index (χ2n) is 8.06. The molecule has 9 nitrogen and oxygen atoms in total. The van der Waals surface area contributed by atoms with E-state index in [2.05, 4.69) is 15.6 Å². The summed E-state index contributed by atoms with van der Waals surface area (Å²) in [5.41, 5.74) is -0.922. The van der Waals surface area contributed by atoms with Gasteiger partial charge in [-0.05, 0) is 35.9 Å². The van der Waals surface area contributed by atoms with Gasteiger partial charge in [-0.1, -0.05) is 17.3 Å². The van der Waals surface area contributed by atoms with Crippen LogP contribution < -0.4 is 15.4 Å². The Morgan fingerprint density at radius 1 is 0.925 bits per heavy atom. The number of ether oxygens (including phenoxy) is 2. The molecule has 0 atom stereocenters. The van der Waals surface area contributed by atoms with Crippen molar-refractivity contribution in [3.8, 4) is 11.4 Å². The van der Waals surface area contributed by atoms with Gasteiger partial charge in [0.2, 0.25) is 0 Å². The molecule has 0 bridgehead atoms. The maximum absolute atomic E-state index is 12.9. The highest BCUT2D eigenvalue weighted by atomic mass is 19.4. The molecule has 0 saturated heterocycles. The Morgan fingerprint density at radius 2 is 1.70 bits per heavy atom. The van der Waals surface area contributed by atoms with Crippen LogP contribution in [0.15, 0.2) is 48.7 Å². The number of carbonyl (C=O) groups is 2. The molecule has 0 aliphatic carbocycles. The van der Waals surface area contributed by atoms with Gasteiger partial charge in [0, 0.05) is 12.1 Å². The van der Waals surface area contributed by atoms with Crippen LogP contribution in [0, 0.1) is 0 Å². The quantitative estimate of drug-likeness (QED) is 0.250. The number of nitrogens with one attached hydrogen (secondary N) is 2. The Kier molecular flexibility index (Phi) is 10.0. The van der Waals surface area contributed by atoms with Crippen molar-refractivity contribution < 1.29 is 49.8 Å². The van der Waals surface area contributed by atoms with Crippen LogP contribution in [-0.2, 0) is 17.5 Å². The standard InChI is InChI=1S/C24H22F7N5O4/c25-6-7-39-8-9-40-20-11-16(21(37)33-14-23(26,27)28)4-5-19(20)36-13-18(34-35-36)22(38)32-12-15-2-1-3-17(10-15)24(29,30)31/h1-5,10-11,13H,6-9,12,14H2,(H,32,38)(H,33,37). The maximum atomic E-state index is 12.9. The van der Waals surface area contributed by atoms with E-state index >= 15 is 0 Å². The van der Waals surface area contributed by atoms with Crippen molar-refractivity contribution >= 4 is 11.8 Å². The van der Waals surface area contributed by atoms with E-state index in [0.29, 0.717) is 0 Å². The van der Waals surface area contributed by atoms with Crippen molar-refractivity contribution in [1.29, 1.82) is 0 Å². The van der Waals surface area contributed by atoms with E-state index in [4.69, 9.17) is 9.47 Å². The second-order valence-corrected chi connectivity index (χ2v) is 8.06. The third kappa shape index (κ3) is 8.93. The van der Waals surface area contributed by atoms with Gasteiger partial charge >= 0.3 is 12.4 Å². The number of benzene rings is 2. The van der Waals surface area contributed by atoms with Crippen LogP contribution in [-0.4, -0.2) is 66.0 Å². The molecular weight excluding hydrogens is 555 g/mol. The highest BCUT2D eigenvalue weighted by Crippen LogP contribution is 2.29. The predicted molar refractivity (Wildman–Crippen MR) is 125 cm³/mol. The molecule has 0 spiro atoms. The van der Waals surface area contributed by atoms with Crippen LogP contribution in [0.1, 0.15) is 32.0 Å². The van der Waals surface area contributed by atoms with Crippen LogP contribution >= 0.6 is 0 Å². The van der Waals surface area contributed by atoms with Gasteiger partial charge in [-0.25, -0.2) is 9.07 Å². The van der Waals surface area contributed by atoms with Crippen molar-refractivity contribution in [2.45, 2.75) is 18.9 Å². The third-order valence-electron chi connectivity index (χ3n) is 5.06. The maximum Gasteiger partial charge on any atom is 0.416 e. The van der Waals surface area contributed by atoms with E-state index in [1.807, 2.05) is 0 Å². The largest absolute Gasteiger partial charge is 0.489 e. The van der Waals surface area contributed by atoms with Gasteiger partial charge < -0.3 is 20.1 Å². The molecule has 2 N–H and O–H groups in total. The average Bonchev–Trinajstić information content (AvgIpc) is 3.40. The van der Waals surface area contributed by atoms with Crippen molar-refractivity contribution in [1.82, 2.24) is 25.6 Å². The van der Waals surface area contributed by atoms with Crippen molar-refractivity contribution in [3.63, 3.8) is 0 Å². The molecule has 0 unspecified atom stereocenters. The molecule has 40 heavy (non-hydrogen) atoms. The first-order valence-electron chi connectivity index (χ1n) is 11.5. The topological polar surface area (TPSA) is 107 Å². The monoisotopic (exact) mass is 577 g/mol. The van der Waals surface area contributed by atoms with Gasteiger partial charge in [0.25, 0.3) is 11.8 Å². The van der Waals surface area contributed by atoms with Gasteiger partial charge in [0.15, 0.2) is 5.69 Å². The van der Waals surface area contributed by atoms with Gasteiger partial charge in [0.05, 0.1) is 25.0 Å². The summed E-state index contributed by atoms with van der Waals surface area (Å²) in [5, 5.41) is 11.7. The Balaban J connectivity index is 1.75. The minimum Gasteiger partial charge on any atom is -0.489 e. The zero-order valence-corrected chi connectivity index (χ0v) is 20.5. The van der Waals surface area contributed by atoms with E-state index < -0.39 is 42.9 Å². The fourth-order valence-electron chi connectivity index (χ4n) is 3.23. The molecule has 1 heterocycles. The Bertz CT molecular complexity index is 1310. The number of halogens is 7. The SMILES string of the molecule is O=C(NCC(F)(F)F)c1ccc(-n2cc(C(=O)NCc3cccc(C(F)(F)F)c3)nn2)c(OCCOCCF)c1. The molecule has 0 fully saturated rings. The average molecular weight is 577 g/mol. The highest BCUT2D eigenvalue weighted by molar-refractivity contribution is 5.95. The summed E-state index contributed by atoms with van der Waals surface area (Å²) in [7, 11) is 0. The second kappa shape index (κ2) is 13.2.